The SMILES string of the molecule is COc1ccc2c(c1)nc([S+]([O-])Cc1ncc(C)c(OC)c1C)n2S(=O)(=O)c1cccc(S(=O)(=O)n2c([S+]([O-])Cc3ncc(C)c(OC)c3C)nc3cc(OC)ccc32)c1. The molecule has 2 atom stereocenters. The van der Waals surface area contributed by atoms with Crippen molar-refractivity contribution in [2.75, 3.05) is 28.4 Å². The number of rotatable bonds is 14. The van der Waals surface area contributed by atoms with Gasteiger partial charge in [-0.2, -0.15) is 17.9 Å². The van der Waals surface area contributed by atoms with E-state index in [2.05, 4.69) is 19.9 Å². The first-order valence-corrected chi connectivity index (χ1v) is 23.6. The average molecular weight is 893 g/mol. The number of hydrogen-bond acceptors (Lipinski definition) is 14. The molecule has 0 N–H and O–H groups in total. The molecule has 0 amide bonds. The predicted octanol–water partition coefficient (Wildman–Crippen LogP) is 5.53. The third kappa shape index (κ3) is 7.51. The topological polar surface area (TPSA) is 213 Å². The maximum absolute atomic E-state index is 14.8. The van der Waals surface area contributed by atoms with Gasteiger partial charge in [-0.3, -0.25) is 9.97 Å². The van der Waals surface area contributed by atoms with E-state index in [0.29, 0.717) is 45.5 Å². The molecule has 314 valence electrons. The van der Waals surface area contributed by atoms with Crippen molar-refractivity contribution in [3.63, 3.8) is 0 Å². The van der Waals surface area contributed by atoms with Crippen molar-refractivity contribution in [2.24, 2.45) is 0 Å². The van der Waals surface area contributed by atoms with Gasteiger partial charge in [0.15, 0.2) is 11.5 Å². The summed E-state index contributed by atoms with van der Waals surface area (Å²) in [6, 6.07) is 13.7. The average Bonchev–Trinajstić information content (AvgIpc) is 3.83. The number of aryl methyl sites for hydroxylation is 2. The summed E-state index contributed by atoms with van der Waals surface area (Å²) in [5, 5.41) is -0.646. The third-order valence-electron chi connectivity index (χ3n) is 9.91. The molecular weight excluding hydrogens is 853 g/mol. The minimum atomic E-state index is -4.74. The molecule has 0 saturated heterocycles. The first-order chi connectivity index (χ1) is 28.5. The van der Waals surface area contributed by atoms with Crippen LogP contribution in [0, 0.1) is 27.7 Å². The number of ether oxygens (including phenoxy) is 4. The fourth-order valence-electron chi connectivity index (χ4n) is 6.85. The molecule has 0 fully saturated rings. The number of hydrogen-bond donors (Lipinski definition) is 0. The fourth-order valence-corrected chi connectivity index (χ4v) is 13.1. The molecule has 0 aliphatic rings. The van der Waals surface area contributed by atoms with E-state index in [4.69, 9.17) is 18.9 Å². The molecule has 0 aliphatic carbocycles. The van der Waals surface area contributed by atoms with Gasteiger partial charge in [0.2, 0.25) is 0 Å². The number of benzene rings is 3. The molecule has 7 rings (SSSR count). The molecule has 4 heterocycles. The molecule has 0 spiro atoms. The molecule has 0 aliphatic heterocycles. The summed E-state index contributed by atoms with van der Waals surface area (Å²) in [4.78, 5) is 17.0. The highest BCUT2D eigenvalue weighted by Crippen LogP contribution is 2.35. The van der Waals surface area contributed by atoms with Gasteiger partial charge in [0.25, 0.3) is 20.0 Å². The van der Waals surface area contributed by atoms with Gasteiger partial charge in [-0.25, -0.2) is 16.8 Å². The van der Waals surface area contributed by atoms with Crippen molar-refractivity contribution in [2.45, 2.75) is 59.3 Å². The van der Waals surface area contributed by atoms with Crippen molar-refractivity contribution in [1.29, 1.82) is 0 Å². The van der Waals surface area contributed by atoms with Gasteiger partial charge in [0.1, 0.15) is 23.0 Å². The Morgan fingerprint density at radius 3 is 1.35 bits per heavy atom. The van der Waals surface area contributed by atoms with Gasteiger partial charge >= 0.3 is 10.3 Å². The maximum atomic E-state index is 14.8. The van der Waals surface area contributed by atoms with Crippen LogP contribution in [0.15, 0.2) is 93.2 Å². The van der Waals surface area contributed by atoms with Crippen molar-refractivity contribution in [1.82, 2.24) is 27.9 Å². The molecule has 2 unspecified atom stereocenters. The van der Waals surface area contributed by atoms with E-state index in [1.165, 1.54) is 83.0 Å². The molecule has 3 aromatic carbocycles. The Labute approximate surface area is 353 Å². The van der Waals surface area contributed by atoms with Crippen LogP contribution in [0.1, 0.15) is 33.6 Å². The summed E-state index contributed by atoms with van der Waals surface area (Å²) in [5.41, 5.74) is 4.08. The van der Waals surface area contributed by atoms with Crippen molar-refractivity contribution in [3.05, 3.63) is 107 Å². The van der Waals surface area contributed by atoms with Crippen LogP contribution in [0.2, 0.25) is 0 Å². The lowest BCUT2D eigenvalue weighted by molar-refractivity contribution is 0.407. The predicted molar refractivity (Wildman–Crippen MR) is 225 cm³/mol. The zero-order chi connectivity index (χ0) is 43.3. The number of pyridine rings is 2. The van der Waals surface area contributed by atoms with E-state index in [-0.39, 0.29) is 43.9 Å². The van der Waals surface area contributed by atoms with Gasteiger partial charge in [-0.15, -0.1) is 0 Å². The van der Waals surface area contributed by atoms with E-state index in [0.717, 1.165) is 25.1 Å². The lowest BCUT2D eigenvalue weighted by atomic mass is 10.1. The summed E-state index contributed by atoms with van der Waals surface area (Å²) >= 11 is -4.21. The summed E-state index contributed by atoms with van der Waals surface area (Å²) in [6.45, 7) is 7.17. The second kappa shape index (κ2) is 16.6. The highest BCUT2D eigenvalue weighted by Gasteiger charge is 2.36. The zero-order valence-electron chi connectivity index (χ0n) is 33.7. The molecule has 0 radical (unpaired) electrons. The quantitative estimate of drug-likeness (QED) is 0.123. The molecule has 60 heavy (non-hydrogen) atoms. The Morgan fingerprint density at radius 1 is 0.583 bits per heavy atom. The third-order valence-corrected chi connectivity index (χ3v) is 16.0. The van der Waals surface area contributed by atoms with E-state index in [1.807, 2.05) is 13.8 Å². The van der Waals surface area contributed by atoms with Crippen LogP contribution in [0.25, 0.3) is 22.1 Å². The van der Waals surface area contributed by atoms with Crippen molar-refractivity contribution < 1.29 is 44.9 Å². The maximum Gasteiger partial charge on any atom is 0.338 e. The molecule has 7 aromatic rings. The van der Waals surface area contributed by atoms with Crippen molar-refractivity contribution in [3.8, 4) is 23.0 Å². The lowest BCUT2D eigenvalue weighted by Crippen LogP contribution is -2.22. The molecular formula is C40H40N6O10S4. The Morgan fingerprint density at radius 2 is 0.983 bits per heavy atom. The standard InChI is InChI=1S/C40H40N6O10S4/c1-23-19-41-33(25(3)37(23)55-7)21-57(47)39-43-31-16-27(53-5)12-14-35(31)45(39)59(49,50)29-10-9-11-30(18-29)60(51,52)46-36-15-13-28(54-6)17-32(36)44-40(46)58(48)22-34-26(4)38(56-8)24(2)20-42-34/h9-20H,21-22H2,1-8H3. The largest absolute Gasteiger partial charge is 0.609 e. The summed E-state index contributed by atoms with van der Waals surface area (Å²) in [7, 11) is -3.56. The molecule has 20 heteroatoms. The monoisotopic (exact) mass is 892 g/mol. The number of imidazole rings is 2. The van der Waals surface area contributed by atoms with E-state index < -0.39 is 52.2 Å². The molecule has 4 aromatic heterocycles. The summed E-state index contributed by atoms with van der Waals surface area (Å²) in [6.07, 6.45) is 3.15. The van der Waals surface area contributed by atoms with E-state index in [9.17, 15) is 25.9 Å². The number of methoxy groups -OCH3 is 4. The van der Waals surface area contributed by atoms with Gasteiger partial charge in [-0.05, 0) is 70.2 Å². The minimum Gasteiger partial charge on any atom is -0.609 e. The van der Waals surface area contributed by atoms with E-state index >= 15 is 0 Å². The highest BCUT2D eigenvalue weighted by molar-refractivity contribution is 7.94. The molecule has 0 saturated carbocycles. The van der Waals surface area contributed by atoms with Crippen LogP contribution in [-0.2, 0) is 53.9 Å². The van der Waals surface area contributed by atoms with Crippen LogP contribution in [-0.4, -0.2) is 82.3 Å². The number of fused-ring (bicyclic) bond motifs is 2. The second-order valence-corrected chi connectivity index (χ2v) is 19.8. The first kappa shape index (κ1) is 42.7. The summed E-state index contributed by atoms with van der Waals surface area (Å²) < 4.78 is 111. The van der Waals surface area contributed by atoms with Crippen LogP contribution >= 0.6 is 0 Å². The Balaban J connectivity index is 1.35. The Kier molecular flexibility index (Phi) is 11.8. The van der Waals surface area contributed by atoms with Crippen LogP contribution < -0.4 is 18.9 Å². The lowest BCUT2D eigenvalue weighted by Gasteiger charge is -2.16. The normalized spacial score (nSPS) is 13.1. The minimum absolute atomic E-state index is 0.0717. The van der Waals surface area contributed by atoms with Gasteiger partial charge < -0.3 is 28.1 Å². The summed E-state index contributed by atoms with van der Waals surface area (Å²) in [5.74, 6) is 1.44. The number of nitrogens with zero attached hydrogens (tertiary/aromatic N) is 6. The van der Waals surface area contributed by atoms with Gasteiger partial charge in [0.05, 0.1) is 71.7 Å². The van der Waals surface area contributed by atoms with Gasteiger partial charge in [-0.1, -0.05) is 6.07 Å². The Hall–Kier alpha value is -5.38. The molecule has 0 bridgehead atoms. The first-order valence-electron chi connectivity index (χ1n) is 18.0. The van der Waals surface area contributed by atoms with E-state index in [1.54, 1.807) is 26.2 Å². The zero-order valence-corrected chi connectivity index (χ0v) is 37.0. The Bertz CT molecular complexity index is 2830. The van der Waals surface area contributed by atoms with Crippen LogP contribution in [0.5, 0.6) is 23.0 Å². The van der Waals surface area contributed by atoms with Crippen LogP contribution in [0.4, 0.5) is 0 Å². The fraction of sp³-hybridized carbons (Fsp3) is 0.250. The second-order valence-electron chi connectivity index (χ2n) is 13.6. The van der Waals surface area contributed by atoms with Gasteiger partial charge in [0, 0.05) is 69.1 Å². The van der Waals surface area contributed by atoms with Crippen LogP contribution in [0.3, 0.4) is 0 Å². The highest BCUT2D eigenvalue weighted by atomic mass is 32.2. The number of aromatic nitrogens is 6. The molecule has 16 nitrogen and oxygen atoms in total. The smallest absolute Gasteiger partial charge is 0.338 e. The van der Waals surface area contributed by atoms with Crippen molar-refractivity contribution >= 4 is 64.5 Å².